The molecular weight excluding hydrogens is 158 g/mol. The Bertz CT molecular complexity index is 365. The van der Waals surface area contributed by atoms with Crippen molar-refractivity contribution in [3.63, 3.8) is 0 Å². The zero-order valence-corrected chi connectivity index (χ0v) is 8.59. The Kier molecular flexibility index (Phi) is 1.45. The number of hydrogen-bond donors (Lipinski definition) is 1. The van der Waals surface area contributed by atoms with Crippen molar-refractivity contribution in [3.8, 4) is 0 Å². The van der Waals surface area contributed by atoms with Gasteiger partial charge in [0.1, 0.15) is 0 Å². The molecule has 3 N–H and O–H groups in total. The normalized spacial score (nSPS) is 30.7. The molecule has 0 heterocycles. The van der Waals surface area contributed by atoms with Crippen LogP contribution in [0.3, 0.4) is 0 Å². The second-order valence-electron chi connectivity index (χ2n) is 4.80. The van der Waals surface area contributed by atoms with Gasteiger partial charge in [-0.05, 0) is 28.0 Å². The largest absolute Gasteiger partial charge is 0.344 e. The highest BCUT2D eigenvalue weighted by atomic mass is 14.6. The zero-order valence-electron chi connectivity index (χ0n) is 8.59. The summed E-state index contributed by atoms with van der Waals surface area (Å²) in [6, 6.07) is 6.80. The van der Waals surface area contributed by atoms with E-state index in [4.69, 9.17) is 0 Å². The van der Waals surface area contributed by atoms with E-state index in [1.165, 1.54) is 0 Å². The monoisotopic (exact) mass is 175 g/mol. The summed E-state index contributed by atoms with van der Waals surface area (Å²) in [6.07, 6.45) is 0. The Morgan fingerprint density at radius 3 is 2.54 bits per heavy atom. The number of hydrogen-bond acceptors (Lipinski definition) is 1. The summed E-state index contributed by atoms with van der Waals surface area (Å²) in [7, 11) is 0. The summed E-state index contributed by atoms with van der Waals surface area (Å²) >= 11 is 0. The van der Waals surface area contributed by atoms with Crippen LogP contribution in [0.2, 0.25) is 0 Å². The molecule has 0 saturated carbocycles. The van der Waals surface area contributed by atoms with Gasteiger partial charge >= 0.3 is 0 Å². The first-order valence-corrected chi connectivity index (χ1v) is 4.77. The molecule has 13 heavy (non-hydrogen) atoms. The van der Waals surface area contributed by atoms with Crippen LogP contribution < -0.4 is 6.15 Å². The molecule has 1 nitrogen and oxygen atoms in total. The number of benzene rings is 1. The van der Waals surface area contributed by atoms with Gasteiger partial charge in [-0.3, -0.25) is 0 Å². The zero-order chi connectivity index (χ0) is 8.51. The first-order chi connectivity index (χ1) is 5.64. The van der Waals surface area contributed by atoms with Gasteiger partial charge in [-0.25, -0.2) is 0 Å². The summed E-state index contributed by atoms with van der Waals surface area (Å²) in [5, 5.41) is 0. The van der Waals surface area contributed by atoms with Crippen molar-refractivity contribution >= 4 is 0 Å². The molecule has 1 heteroatoms. The first-order valence-electron chi connectivity index (χ1n) is 4.77. The smallest absolute Gasteiger partial charge is 0.0132 e. The molecular formula is C12H17N. The fourth-order valence-corrected chi connectivity index (χ4v) is 2.85. The van der Waals surface area contributed by atoms with E-state index in [0.717, 1.165) is 11.8 Å². The van der Waals surface area contributed by atoms with Gasteiger partial charge in [-0.15, -0.1) is 0 Å². The highest BCUT2D eigenvalue weighted by Gasteiger charge is 2.53. The van der Waals surface area contributed by atoms with Crippen LogP contribution >= 0.6 is 0 Å². The fourth-order valence-electron chi connectivity index (χ4n) is 2.85. The summed E-state index contributed by atoms with van der Waals surface area (Å²) < 4.78 is 0. The molecule has 2 unspecified atom stereocenters. The Morgan fingerprint density at radius 2 is 1.92 bits per heavy atom. The van der Waals surface area contributed by atoms with E-state index in [9.17, 15) is 0 Å². The highest BCUT2D eigenvalue weighted by Crippen LogP contribution is 2.63. The predicted octanol–water partition coefficient (Wildman–Crippen LogP) is 3.22. The quantitative estimate of drug-likeness (QED) is 0.645. The molecule has 0 spiro atoms. The molecule has 3 rings (SSSR count). The van der Waals surface area contributed by atoms with Crippen LogP contribution in [0.15, 0.2) is 18.2 Å². The van der Waals surface area contributed by atoms with Gasteiger partial charge in [0.15, 0.2) is 0 Å². The molecule has 1 aromatic carbocycles. The van der Waals surface area contributed by atoms with E-state index in [-0.39, 0.29) is 6.15 Å². The first kappa shape index (κ1) is 8.76. The third-order valence-electron chi connectivity index (χ3n) is 4.04. The third-order valence-corrected chi connectivity index (χ3v) is 4.04. The maximum atomic E-state index is 2.39. The molecule has 0 radical (unpaired) electrons. The summed E-state index contributed by atoms with van der Waals surface area (Å²) in [5.74, 6) is 1.64. The van der Waals surface area contributed by atoms with Gasteiger partial charge < -0.3 is 6.15 Å². The van der Waals surface area contributed by atoms with Gasteiger partial charge in [0.05, 0.1) is 0 Å². The van der Waals surface area contributed by atoms with E-state index >= 15 is 0 Å². The molecule has 2 atom stereocenters. The molecule has 70 valence electrons. The second-order valence-corrected chi connectivity index (χ2v) is 4.80. The Labute approximate surface area is 79.7 Å². The average molecular weight is 175 g/mol. The van der Waals surface area contributed by atoms with Crippen molar-refractivity contribution in [2.45, 2.75) is 32.1 Å². The Balaban J connectivity index is 0.000000653. The molecule has 2 aliphatic carbocycles. The summed E-state index contributed by atoms with van der Waals surface area (Å²) in [6.45, 7) is 7.14. The van der Waals surface area contributed by atoms with Crippen molar-refractivity contribution in [1.82, 2.24) is 6.15 Å². The summed E-state index contributed by atoms with van der Waals surface area (Å²) in [4.78, 5) is 0. The van der Waals surface area contributed by atoms with E-state index in [1.54, 1.807) is 16.7 Å². The third kappa shape index (κ3) is 0.761. The SMILES string of the molecule is CC1C2c3cccc(c32)C1(C)C.N. The van der Waals surface area contributed by atoms with Crippen LogP contribution in [-0.2, 0) is 5.41 Å². The van der Waals surface area contributed by atoms with Crippen LogP contribution in [0.25, 0.3) is 0 Å². The Morgan fingerprint density at radius 1 is 1.23 bits per heavy atom. The van der Waals surface area contributed by atoms with E-state index in [0.29, 0.717) is 5.41 Å². The van der Waals surface area contributed by atoms with E-state index in [2.05, 4.69) is 39.0 Å². The maximum absolute atomic E-state index is 2.39. The minimum Gasteiger partial charge on any atom is -0.344 e. The predicted molar refractivity (Wildman–Crippen MR) is 55.5 cm³/mol. The van der Waals surface area contributed by atoms with E-state index < -0.39 is 0 Å². The minimum absolute atomic E-state index is 0. The minimum atomic E-state index is 0. The van der Waals surface area contributed by atoms with Crippen LogP contribution in [0.4, 0.5) is 0 Å². The molecule has 0 saturated heterocycles. The topological polar surface area (TPSA) is 35.0 Å². The van der Waals surface area contributed by atoms with Crippen molar-refractivity contribution in [2.75, 3.05) is 0 Å². The van der Waals surface area contributed by atoms with Gasteiger partial charge in [-0.2, -0.15) is 0 Å². The lowest BCUT2D eigenvalue weighted by atomic mass is 9.76. The van der Waals surface area contributed by atoms with Crippen molar-refractivity contribution in [3.05, 3.63) is 34.9 Å². The summed E-state index contributed by atoms with van der Waals surface area (Å²) in [5.41, 5.74) is 5.33. The molecule has 0 bridgehead atoms. The van der Waals surface area contributed by atoms with Crippen LogP contribution in [-0.4, -0.2) is 0 Å². The standard InChI is InChI=1S/C12H14.H3N/c1-7-10-8-5-4-6-9(11(8)10)12(7,2)3;/h4-7,10H,1-3H3;1H3. The van der Waals surface area contributed by atoms with Gasteiger partial charge in [0, 0.05) is 5.92 Å². The van der Waals surface area contributed by atoms with Gasteiger partial charge in [-0.1, -0.05) is 39.0 Å². The molecule has 0 fully saturated rings. The molecule has 2 aliphatic rings. The van der Waals surface area contributed by atoms with Crippen molar-refractivity contribution in [2.24, 2.45) is 5.92 Å². The average Bonchev–Trinajstić information content (AvgIpc) is 2.70. The maximum Gasteiger partial charge on any atom is 0.0132 e. The number of fused-ring (bicyclic) bond motifs is 1. The lowest BCUT2D eigenvalue weighted by Crippen LogP contribution is -2.23. The van der Waals surface area contributed by atoms with Crippen molar-refractivity contribution in [1.29, 1.82) is 0 Å². The lowest BCUT2D eigenvalue weighted by Gasteiger charge is -2.28. The van der Waals surface area contributed by atoms with Gasteiger partial charge in [0.2, 0.25) is 0 Å². The molecule has 0 aromatic heterocycles. The molecule has 0 aliphatic heterocycles. The van der Waals surface area contributed by atoms with Gasteiger partial charge in [0.25, 0.3) is 0 Å². The Hall–Kier alpha value is -0.820. The molecule has 0 amide bonds. The van der Waals surface area contributed by atoms with E-state index in [1.807, 2.05) is 0 Å². The van der Waals surface area contributed by atoms with Crippen LogP contribution in [0, 0.1) is 5.92 Å². The second kappa shape index (κ2) is 2.16. The van der Waals surface area contributed by atoms with Crippen LogP contribution in [0.5, 0.6) is 0 Å². The highest BCUT2D eigenvalue weighted by molar-refractivity contribution is 5.64. The lowest BCUT2D eigenvalue weighted by molar-refractivity contribution is 0.362. The molecule has 1 aromatic rings. The number of rotatable bonds is 0. The van der Waals surface area contributed by atoms with Crippen molar-refractivity contribution < 1.29 is 0 Å². The van der Waals surface area contributed by atoms with Crippen LogP contribution in [0.1, 0.15) is 43.4 Å². The fraction of sp³-hybridized carbons (Fsp3) is 0.500.